The van der Waals surface area contributed by atoms with E-state index in [0.717, 1.165) is 0 Å². The molecule has 0 heterocycles. The molecule has 4 rings (SSSR count). The molecule has 0 saturated heterocycles. The summed E-state index contributed by atoms with van der Waals surface area (Å²) in [5.74, 6) is -62.2. The monoisotopic (exact) mass is 752 g/mol. The van der Waals surface area contributed by atoms with Crippen LogP contribution in [0.5, 0.6) is 0 Å². The largest absolute Gasteiger partial charge is 0.233 e. The summed E-state index contributed by atoms with van der Waals surface area (Å²) in [6, 6.07) is 0. The summed E-state index contributed by atoms with van der Waals surface area (Å²) in [5, 5.41) is -5.28. The lowest BCUT2D eigenvalue weighted by atomic mass is 9.37. The van der Waals surface area contributed by atoms with Gasteiger partial charge in [0.05, 0.1) is 10.6 Å². The molecule has 0 radical (unpaired) electrons. The van der Waals surface area contributed by atoms with E-state index in [1.807, 2.05) is 0 Å². The van der Waals surface area contributed by atoms with Crippen LogP contribution in [-0.4, -0.2) is 12.3 Å². The van der Waals surface area contributed by atoms with Crippen LogP contribution in [0.1, 0.15) is 13.3 Å². The van der Waals surface area contributed by atoms with Crippen LogP contribution in [0.25, 0.3) is 0 Å². The zero-order valence-electron chi connectivity index (χ0n) is 22.9. The van der Waals surface area contributed by atoms with E-state index in [4.69, 9.17) is 0 Å². The van der Waals surface area contributed by atoms with Crippen molar-refractivity contribution in [2.24, 2.45) is 0 Å². The maximum atomic E-state index is 15.3. The van der Waals surface area contributed by atoms with Crippen molar-refractivity contribution in [1.82, 2.24) is 0 Å². The molecule has 0 N–H and O–H groups in total. The van der Waals surface area contributed by atoms with Crippen LogP contribution in [0.2, 0.25) is 0 Å². The lowest BCUT2D eigenvalue weighted by Crippen LogP contribution is -2.59. The van der Waals surface area contributed by atoms with Gasteiger partial charge in [-0.25, -0.2) is 87.8 Å². The predicted octanol–water partition coefficient (Wildman–Crippen LogP) is 7.53. The Morgan fingerprint density at radius 2 is 0.510 bits per heavy atom. The third-order valence-corrected chi connectivity index (χ3v) is 10.2. The molecule has 0 amide bonds. The normalized spacial score (nSPS) is 12.4. The van der Waals surface area contributed by atoms with Gasteiger partial charge in [-0.15, -0.1) is 0 Å². The Kier molecular flexibility index (Phi) is 10.3. The van der Waals surface area contributed by atoms with Crippen molar-refractivity contribution in [3.63, 3.8) is 0 Å². The van der Waals surface area contributed by atoms with Gasteiger partial charge in [0.15, 0.2) is 105 Å². The van der Waals surface area contributed by atoms with Gasteiger partial charge in [0, 0.05) is 10.9 Å². The topological polar surface area (TPSA) is 0 Å². The van der Waals surface area contributed by atoms with Crippen molar-refractivity contribution in [2.45, 2.75) is 18.9 Å². The van der Waals surface area contributed by atoms with Crippen LogP contribution in [0.3, 0.4) is 0 Å². The lowest BCUT2D eigenvalue weighted by molar-refractivity contribution is 0.381. The van der Waals surface area contributed by atoms with Gasteiger partial charge in [-0.3, -0.25) is 0 Å². The first-order valence-electron chi connectivity index (χ1n) is 12.5. The van der Waals surface area contributed by atoms with Crippen molar-refractivity contribution >= 4 is 36.2 Å². The van der Waals surface area contributed by atoms with E-state index in [0.29, 0.717) is 6.92 Å². The number of rotatable bonds is 7. The fourth-order valence-corrected chi connectivity index (χ4v) is 8.03. The summed E-state index contributed by atoms with van der Waals surface area (Å²) < 4.78 is 293. The third-order valence-electron chi connectivity index (χ3n) is 7.10. The Morgan fingerprint density at radius 3 is 0.714 bits per heavy atom. The molecule has 0 bridgehead atoms. The van der Waals surface area contributed by atoms with Crippen molar-refractivity contribution < 1.29 is 87.8 Å². The first kappa shape index (κ1) is 37.8. The first-order valence-corrected chi connectivity index (χ1v) is 13.9. The quantitative estimate of drug-likeness (QED) is 0.0603. The fourth-order valence-electron chi connectivity index (χ4n) is 4.94. The minimum Gasteiger partial charge on any atom is -0.204 e. The van der Waals surface area contributed by atoms with Crippen LogP contribution in [-0.2, 0) is 0 Å². The molecule has 0 spiro atoms. The fraction of sp³-hybridized carbons (Fsp3) is 0.111. The number of hydrogen-bond donors (Lipinski definition) is 0. The van der Waals surface area contributed by atoms with Crippen LogP contribution >= 0.6 is 7.92 Å². The molecule has 0 saturated carbocycles. The second-order valence-electron chi connectivity index (χ2n) is 9.63. The van der Waals surface area contributed by atoms with Gasteiger partial charge in [-0.2, -0.15) is 0 Å². The zero-order chi connectivity index (χ0) is 37.3. The zero-order valence-corrected chi connectivity index (χ0v) is 23.8. The molecule has 4 aromatic carbocycles. The van der Waals surface area contributed by atoms with E-state index in [2.05, 4.69) is 0 Å². The average Bonchev–Trinajstić information content (AvgIpc) is 3.08. The average molecular weight is 752 g/mol. The Bertz CT molecular complexity index is 1650. The van der Waals surface area contributed by atoms with Crippen LogP contribution in [0, 0.1) is 116 Å². The molecule has 1 unspecified atom stereocenters. The maximum absolute atomic E-state index is 15.3. The highest BCUT2D eigenvalue weighted by Gasteiger charge is 2.50. The minimum atomic E-state index is -4.91. The summed E-state index contributed by atoms with van der Waals surface area (Å²) in [5.41, 5.74) is -8.71. The van der Waals surface area contributed by atoms with Crippen molar-refractivity contribution in [1.29, 1.82) is 0 Å². The smallest absolute Gasteiger partial charge is 0.204 e. The Hall–Kier alpha value is -4.03. The minimum absolute atomic E-state index is 0.475. The Labute approximate surface area is 259 Å². The van der Waals surface area contributed by atoms with E-state index < -0.39 is 164 Å². The summed E-state index contributed by atoms with van der Waals surface area (Å²) in [7, 11) is -4.91. The molecule has 4 aromatic rings. The van der Waals surface area contributed by atoms with E-state index >= 15 is 35.1 Å². The van der Waals surface area contributed by atoms with Crippen LogP contribution in [0.15, 0.2) is 0 Å². The Balaban J connectivity index is 2.38. The highest BCUT2D eigenvalue weighted by atomic mass is 31.1. The van der Waals surface area contributed by atoms with Crippen molar-refractivity contribution in [3.05, 3.63) is 116 Å². The molecule has 0 fully saturated rings. The van der Waals surface area contributed by atoms with Crippen molar-refractivity contribution in [3.8, 4) is 0 Å². The van der Waals surface area contributed by atoms with Gasteiger partial charge < -0.3 is 0 Å². The summed E-state index contributed by atoms with van der Waals surface area (Å²) in [4.78, 5) is 0. The summed E-state index contributed by atoms with van der Waals surface area (Å²) in [6.45, 7) is -3.39. The predicted molar refractivity (Wildman–Crippen MR) is 130 cm³/mol. The second kappa shape index (κ2) is 13.4. The molecular formula is C27H6BF20P. The standard InChI is InChI=1S/C27H6BF20P/c1-2-3(28(4-6(29)10(33)14(37)11(34)7(4)30)5-8(31)12(35)15(38)13(36)9(5)32)49(26-22(45)18(41)16(39)19(42)23(26)46)27-24(47)20(43)17(40)21(44)25(27)48/h3H,2H2,1H3. The lowest BCUT2D eigenvalue weighted by Gasteiger charge is -2.34. The summed E-state index contributed by atoms with van der Waals surface area (Å²) >= 11 is 0. The van der Waals surface area contributed by atoms with Gasteiger partial charge in [0.2, 0.25) is 18.3 Å². The molecule has 0 aliphatic carbocycles. The van der Waals surface area contributed by atoms with Gasteiger partial charge >= 0.3 is 0 Å². The molecule has 1 atom stereocenters. The number of benzene rings is 4. The molecule has 49 heavy (non-hydrogen) atoms. The van der Waals surface area contributed by atoms with E-state index in [1.54, 1.807) is 0 Å². The highest BCUT2D eigenvalue weighted by Crippen LogP contribution is 2.47. The van der Waals surface area contributed by atoms with Gasteiger partial charge in [-0.05, 0) is 13.5 Å². The SMILES string of the molecule is CCC(B(c1c(F)c(F)c(F)c(F)c1F)c1c(F)c(F)c(F)c(F)c1F)P(c1c(F)c(F)c(F)c(F)c1F)c1c(F)c(F)c(F)c(F)c1F. The van der Waals surface area contributed by atoms with Gasteiger partial charge in [0.25, 0.3) is 0 Å². The molecule has 0 aromatic heterocycles. The molecule has 0 nitrogen and oxygen atoms in total. The van der Waals surface area contributed by atoms with Gasteiger partial charge in [-0.1, -0.05) is 13.3 Å². The first-order chi connectivity index (χ1) is 22.7. The third kappa shape index (κ3) is 5.57. The Morgan fingerprint density at radius 1 is 0.327 bits per heavy atom. The molecule has 22 heteroatoms. The number of hydrogen-bond acceptors (Lipinski definition) is 0. The van der Waals surface area contributed by atoms with E-state index in [9.17, 15) is 52.7 Å². The van der Waals surface area contributed by atoms with Gasteiger partial charge in [0.1, 0.15) is 0 Å². The van der Waals surface area contributed by atoms with Crippen LogP contribution < -0.4 is 21.5 Å². The van der Waals surface area contributed by atoms with E-state index in [-0.39, 0.29) is 0 Å². The van der Waals surface area contributed by atoms with Crippen molar-refractivity contribution in [2.75, 3.05) is 0 Å². The van der Waals surface area contributed by atoms with E-state index in [1.165, 1.54) is 0 Å². The molecular weight excluding hydrogens is 746 g/mol. The maximum Gasteiger partial charge on any atom is 0.233 e. The highest BCUT2D eigenvalue weighted by molar-refractivity contribution is 7.76. The molecule has 0 aliphatic heterocycles. The number of halogens is 20. The molecule has 262 valence electrons. The summed E-state index contributed by atoms with van der Waals surface area (Å²) in [6.07, 6.45) is -1.58. The second-order valence-corrected chi connectivity index (χ2v) is 11.9. The van der Waals surface area contributed by atoms with Crippen LogP contribution in [0.4, 0.5) is 87.8 Å². The molecule has 0 aliphatic rings.